The Kier molecular flexibility index (Phi) is 7.27. The van der Waals surface area contributed by atoms with Crippen LogP contribution < -0.4 is 5.32 Å². The van der Waals surface area contributed by atoms with Crippen molar-refractivity contribution in [3.8, 4) is 0 Å². The van der Waals surface area contributed by atoms with Crippen molar-refractivity contribution in [2.45, 2.75) is 57.7 Å². The average molecular weight is 449 g/mol. The molecule has 1 N–H and O–H groups in total. The van der Waals surface area contributed by atoms with Crippen LogP contribution in [0.3, 0.4) is 0 Å². The monoisotopic (exact) mass is 448 g/mol. The molecule has 1 heterocycles. The number of nitrogens with one attached hydrogen (secondary N) is 1. The highest BCUT2D eigenvalue weighted by molar-refractivity contribution is 7.03. The van der Waals surface area contributed by atoms with Gasteiger partial charge in [0, 0.05) is 18.0 Å². The van der Waals surface area contributed by atoms with Gasteiger partial charge in [-0.2, -0.15) is 0 Å². The molecule has 166 valence electrons. The number of hydrogen-bond donors (Lipinski definition) is 1. The maximum Gasteiger partial charge on any atom is 0.276 e. The predicted octanol–water partition coefficient (Wildman–Crippen LogP) is 4.54. The van der Waals surface area contributed by atoms with E-state index in [1.807, 2.05) is 54.6 Å². The molecule has 6 nitrogen and oxygen atoms in total. The molecule has 0 saturated heterocycles. The Balaban J connectivity index is 1.68. The minimum Gasteiger partial charge on any atom is -0.350 e. The van der Waals surface area contributed by atoms with Crippen LogP contribution >= 0.6 is 11.5 Å². The van der Waals surface area contributed by atoms with Crippen molar-refractivity contribution in [1.29, 1.82) is 0 Å². The molecule has 1 unspecified atom stereocenters. The number of amides is 2. The topological polar surface area (TPSA) is 75.2 Å². The Morgan fingerprint density at radius 1 is 1.06 bits per heavy atom. The van der Waals surface area contributed by atoms with Gasteiger partial charge < -0.3 is 10.2 Å². The van der Waals surface area contributed by atoms with Gasteiger partial charge in [0.05, 0.1) is 0 Å². The molecule has 1 atom stereocenters. The van der Waals surface area contributed by atoms with Crippen LogP contribution in [0.4, 0.5) is 0 Å². The summed E-state index contributed by atoms with van der Waals surface area (Å²) in [6.07, 6.45) is 4.80. The Morgan fingerprint density at radius 2 is 1.78 bits per heavy atom. The van der Waals surface area contributed by atoms with Crippen molar-refractivity contribution >= 4 is 23.3 Å². The molecule has 4 rings (SSSR count). The summed E-state index contributed by atoms with van der Waals surface area (Å²) in [6, 6.07) is 17.1. The van der Waals surface area contributed by atoms with Gasteiger partial charge in [0.25, 0.3) is 5.91 Å². The number of benzene rings is 2. The first-order valence-corrected chi connectivity index (χ1v) is 12.0. The second kappa shape index (κ2) is 10.5. The smallest absolute Gasteiger partial charge is 0.276 e. The van der Waals surface area contributed by atoms with Gasteiger partial charge in [-0.05, 0) is 47.5 Å². The summed E-state index contributed by atoms with van der Waals surface area (Å²) < 4.78 is 3.87. The van der Waals surface area contributed by atoms with Crippen LogP contribution in [-0.4, -0.2) is 32.3 Å². The minimum atomic E-state index is -0.720. The van der Waals surface area contributed by atoms with E-state index < -0.39 is 6.04 Å². The first kappa shape index (κ1) is 22.1. The second-order valence-electron chi connectivity index (χ2n) is 8.14. The number of hydrogen-bond acceptors (Lipinski definition) is 5. The Bertz CT molecular complexity index is 1020. The van der Waals surface area contributed by atoms with E-state index in [0.29, 0.717) is 12.2 Å². The normalized spacial score (nSPS) is 14.8. The molecular weight excluding hydrogens is 420 g/mol. The van der Waals surface area contributed by atoms with Gasteiger partial charge in [-0.25, -0.2) is 0 Å². The lowest BCUT2D eigenvalue weighted by atomic mass is 9.98. The van der Waals surface area contributed by atoms with Crippen LogP contribution in [0, 0.1) is 0 Å². The third-order valence-electron chi connectivity index (χ3n) is 6.07. The van der Waals surface area contributed by atoms with Crippen LogP contribution in [-0.2, 0) is 17.8 Å². The summed E-state index contributed by atoms with van der Waals surface area (Å²) in [7, 11) is 0. The van der Waals surface area contributed by atoms with Crippen molar-refractivity contribution in [2.24, 2.45) is 0 Å². The third kappa shape index (κ3) is 5.05. The summed E-state index contributed by atoms with van der Waals surface area (Å²) in [5, 5.41) is 8.73. The molecule has 7 heteroatoms. The van der Waals surface area contributed by atoms with Crippen LogP contribution in [0.25, 0.3) is 0 Å². The van der Waals surface area contributed by atoms with E-state index in [1.165, 1.54) is 5.56 Å². The molecule has 1 fully saturated rings. The van der Waals surface area contributed by atoms with E-state index in [4.69, 9.17) is 0 Å². The zero-order valence-electron chi connectivity index (χ0n) is 18.2. The fraction of sp³-hybridized carbons (Fsp3) is 0.360. The summed E-state index contributed by atoms with van der Waals surface area (Å²) in [5.41, 5.74) is 3.33. The quantitative estimate of drug-likeness (QED) is 0.549. The van der Waals surface area contributed by atoms with Gasteiger partial charge in [0.1, 0.15) is 6.04 Å². The molecule has 1 aromatic heterocycles. The number of aromatic nitrogens is 2. The molecular formula is C25H28N4O2S. The van der Waals surface area contributed by atoms with Crippen LogP contribution in [0.2, 0.25) is 0 Å². The van der Waals surface area contributed by atoms with Gasteiger partial charge in [-0.15, -0.1) is 5.10 Å². The summed E-state index contributed by atoms with van der Waals surface area (Å²) in [6.45, 7) is 2.51. The van der Waals surface area contributed by atoms with E-state index in [-0.39, 0.29) is 17.9 Å². The maximum absolute atomic E-state index is 13.6. The first-order valence-electron chi connectivity index (χ1n) is 11.2. The lowest BCUT2D eigenvalue weighted by Crippen LogP contribution is -2.48. The highest BCUT2D eigenvalue weighted by Crippen LogP contribution is 2.33. The van der Waals surface area contributed by atoms with Gasteiger partial charge in [-0.1, -0.05) is 78.9 Å². The number of aryl methyl sites for hydroxylation is 1. The fourth-order valence-electron chi connectivity index (χ4n) is 4.32. The van der Waals surface area contributed by atoms with Crippen LogP contribution in [0.1, 0.15) is 65.8 Å². The first-order chi connectivity index (χ1) is 15.7. The Hall–Kier alpha value is -3.06. The van der Waals surface area contributed by atoms with Crippen LogP contribution in [0.15, 0.2) is 60.0 Å². The van der Waals surface area contributed by atoms with Gasteiger partial charge in [-0.3, -0.25) is 9.59 Å². The van der Waals surface area contributed by atoms with Crippen molar-refractivity contribution in [3.05, 3.63) is 82.4 Å². The summed E-state index contributed by atoms with van der Waals surface area (Å²) in [5.74, 6) is -0.411. The Morgan fingerprint density at radius 3 is 2.41 bits per heavy atom. The van der Waals surface area contributed by atoms with Crippen molar-refractivity contribution in [2.75, 3.05) is 0 Å². The molecule has 1 aliphatic rings. The molecule has 0 aliphatic heterocycles. The lowest BCUT2D eigenvalue weighted by molar-refractivity contribution is -0.126. The molecule has 0 radical (unpaired) electrons. The minimum absolute atomic E-state index is 0.00234. The van der Waals surface area contributed by atoms with E-state index >= 15 is 0 Å². The Labute approximate surface area is 192 Å². The van der Waals surface area contributed by atoms with Crippen molar-refractivity contribution in [3.63, 3.8) is 0 Å². The lowest BCUT2D eigenvalue weighted by Gasteiger charge is -2.35. The zero-order valence-corrected chi connectivity index (χ0v) is 19.1. The van der Waals surface area contributed by atoms with Gasteiger partial charge in [0.15, 0.2) is 5.69 Å². The molecule has 2 aromatic carbocycles. The predicted molar refractivity (Wildman–Crippen MR) is 125 cm³/mol. The standard InChI is InChI=1S/C25H28N4O2S/c1-2-18-12-14-20(15-13-18)23(24(30)26-16-19-8-4-3-5-9-19)29(21-10-6-7-11-21)25(31)22-17-32-28-27-22/h3-5,8-9,12-15,17,21,23H,2,6-7,10-11,16H2,1H3,(H,26,30). The number of rotatable bonds is 8. The summed E-state index contributed by atoms with van der Waals surface area (Å²) in [4.78, 5) is 28.9. The third-order valence-corrected chi connectivity index (χ3v) is 6.58. The highest BCUT2D eigenvalue weighted by Gasteiger charge is 2.38. The van der Waals surface area contributed by atoms with Gasteiger partial charge in [0.2, 0.25) is 5.91 Å². The second-order valence-corrected chi connectivity index (χ2v) is 8.75. The molecule has 1 saturated carbocycles. The molecule has 2 amide bonds. The molecule has 32 heavy (non-hydrogen) atoms. The zero-order chi connectivity index (χ0) is 22.3. The molecule has 3 aromatic rings. The average Bonchev–Trinajstić information content (AvgIpc) is 3.56. The van der Waals surface area contributed by atoms with E-state index in [1.54, 1.807) is 10.3 Å². The van der Waals surface area contributed by atoms with Crippen molar-refractivity contribution in [1.82, 2.24) is 19.8 Å². The van der Waals surface area contributed by atoms with E-state index in [9.17, 15) is 9.59 Å². The van der Waals surface area contributed by atoms with Gasteiger partial charge >= 0.3 is 0 Å². The maximum atomic E-state index is 13.6. The summed E-state index contributed by atoms with van der Waals surface area (Å²) >= 11 is 1.15. The number of nitrogens with zero attached hydrogens (tertiary/aromatic N) is 3. The molecule has 0 bridgehead atoms. The van der Waals surface area contributed by atoms with Crippen molar-refractivity contribution < 1.29 is 9.59 Å². The molecule has 1 aliphatic carbocycles. The largest absolute Gasteiger partial charge is 0.350 e. The van der Waals surface area contributed by atoms with Crippen LogP contribution in [0.5, 0.6) is 0 Å². The number of carbonyl (C=O) groups is 2. The SMILES string of the molecule is CCc1ccc(C(C(=O)NCc2ccccc2)N(C(=O)c2csnn2)C2CCCC2)cc1. The van der Waals surface area contributed by atoms with E-state index in [2.05, 4.69) is 21.8 Å². The van der Waals surface area contributed by atoms with E-state index in [0.717, 1.165) is 54.8 Å². The number of carbonyl (C=O) groups excluding carboxylic acids is 2. The molecule has 0 spiro atoms. The highest BCUT2D eigenvalue weighted by atomic mass is 32.1. The fourth-order valence-corrected chi connectivity index (χ4v) is 4.75.